The molecule has 25 heavy (non-hydrogen) atoms. The molecule has 1 atom stereocenters. The summed E-state index contributed by atoms with van der Waals surface area (Å²) in [5.74, 6) is 2.03. The van der Waals surface area contributed by atoms with E-state index in [1.54, 1.807) is 12.5 Å². The molecule has 0 saturated carbocycles. The number of hydrogen-bond donors (Lipinski definition) is 2. The van der Waals surface area contributed by atoms with Gasteiger partial charge in [-0.3, -0.25) is 5.32 Å². The van der Waals surface area contributed by atoms with Crippen LogP contribution in [0.25, 0.3) is 0 Å². The molecule has 0 unspecified atom stereocenters. The van der Waals surface area contributed by atoms with Crippen molar-refractivity contribution in [3.8, 4) is 0 Å². The van der Waals surface area contributed by atoms with Crippen LogP contribution in [0.1, 0.15) is 38.4 Å². The zero-order valence-corrected chi connectivity index (χ0v) is 14.6. The number of carbonyl (C=O) groups excluding carboxylic acids is 1. The summed E-state index contributed by atoms with van der Waals surface area (Å²) in [6.45, 7) is 4.09. The summed E-state index contributed by atoms with van der Waals surface area (Å²) in [4.78, 5) is 12.2. The zero-order chi connectivity index (χ0) is 17.5. The van der Waals surface area contributed by atoms with Crippen molar-refractivity contribution < 1.29 is 4.79 Å². The second-order valence-electron chi connectivity index (χ2n) is 6.30. The van der Waals surface area contributed by atoms with Crippen LogP contribution >= 0.6 is 0 Å². The quantitative estimate of drug-likeness (QED) is 0.756. The van der Waals surface area contributed by atoms with Gasteiger partial charge >= 0.3 is 6.03 Å². The third kappa shape index (κ3) is 4.68. The van der Waals surface area contributed by atoms with Crippen LogP contribution in [0.2, 0.25) is 0 Å². The van der Waals surface area contributed by atoms with Gasteiger partial charge in [0.25, 0.3) is 0 Å². The lowest BCUT2D eigenvalue weighted by Crippen LogP contribution is -2.30. The van der Waals surface area contributed by atoms with E-state index in [9.17, 15) is 4.79 Å². The van der Waals surface area contributed by atoms with E-state index in [1.807, 2.05) is 15.3 Å². The molecule has 0 bridgehead atoms. The first-order valence-corrected chi connectivity index (χ1v) is 8.84. The first-order chi connectivity index (χ1) is 12.3. The van der Waals surface area contributed by atoms with Crippen LogP contribution in [0.15, 0.2) is 30.7 Å². The summed E-state index contributed by atoms with van der Waals surface area (Å²) in [5.41, 5.74) is 0. The van der Waals surface area contributed by atoms with Crippen LogP contribution in [-0.2, 0) is 19.6 Å². The molecule has 0 aromatic carbocycles. The minimum atomic E-state index is -0.267. The fraction of sp³-hybridized carbons (Fsp3) is 0.529. The molecule has 0 saturated heterocycles. The third-order valence-corrected chi connectivity index (χ3v) is 4.33. The predicted octanol–water partition coefficient (Wildman–Crippen LogP) is 2.56. The van der Waals surface area contributed by atoms with Gasteiger partial charge in [0.05, 0.1) is 12.7 Å². The second kappa shape index (κ2) is 8.46. The Bertz CT molecular complexity index is 718. The lowest BCUT2D eigenvalue weighted by atomic mass is 9.94. The van der Waals surface area contributed by atoms with Gasteiger partial charge in [0.2, 0.25) is 0 Å². The van der Waals surface area contributed by atoms with E-state index in [-0.39, 0.29) is 6.03 Å². The van der Waals surface area contributed by atoms with Gasteiger partial charge in [-0.05, 0) is 31.6 Å². The molecule has 2 N–H and O–H groups in total. The highest BCUT2D eigenvalue weighted by molar-refractivity contribution is 5.88. The monoisotopic (exact) mass is 343 g/mol. The number of allylic oxidation sites excluding steroid dienone is 2. The van der Waals surface area contributed by atoms with E-state index in [4.69, 9.17) is 0 Å². The van der Waals surface area contributed by atoms with Crippen molar-refractivity contribution in [2.75, 3.05) is 5.32 Å². The highest BCUT2D eigenvalue weighted by Gasteiger charge is 2.14. The summed E-state index contributed by atoms with van der Waals surface area (Å²) in [6, 6.07) is 1.55. The number of carbonyl (C=O) groups is 1. The number of hydrogen-bond acceptors (Lipinski definition) is 4. The van der Waals surface area contributed by atoms with Crippen molar-refractivity contribution in [2.24, 2.45) is 5.92 Å². The SMILES string of the molecule is CCCn1cnnc1CNC(=O)Nc1ccnn1C[C@@H]1CC=CCC1. The van der Waals surface area contributed by atoms with Gasteiger partial charge in [-0.25, -0.2) is 9.48 Å². The first kappa shape index (κ1) is 17.2. The number of anilines is 1. The summed E-state index contributed by atoms with van der Waals surface area (Å²) < 4.78 is 3.81. The highest BCUT2D eigenvalue weighted by atomic mass is 16.2. The molecule has 2 amide bonds. The predicted molar refractivity (Wildman–Crippen MR) is 94.9 cm³/mol. The number of nitrogens with one attached hydrogen (secondary N) is 2. The van der Waals surface area contributed by atoms with E-state index in [2.05, 4.69) is 45.0 Å². The molecule has 0 radical (unpaired) electrons. The van der Waals surface area contributed by atoms with Crippen LogP contribution < -0.4 is 10.6 Å². The maximum Gasteiger partial charge on any atom is 0.320 e. The van der Waals surface area contributed by atoms with Crippen molar-refractivity contribution in [3.05, 3.63) is 36.6 Å². The molecule has 8 nitrogen and oxygen atoms in total. The van der Waals surface area contributed by atoms with Crippen molar-refractivity contribution in [1.82, 2.24) is 29.9 Å². The van der Waals surface area contributed by atoms with Gasteiger partial charge in [0.15, 0.2) is 5.82 Å². The van der Waals surface area contributed by atoms with Gasteiger partial charge in [0, 0.05) is 19.2 Å². The van der Waals surface area contributed by atoms with E-state index < -0.39 is 0 Å². The molecule has 134 valence electrons. The summed E-state index contributed by atoms with van der Waals surface area (Å²) >= 11 is 0. The molecule has 0 aliphatic heterocycles. The first-order valence-electron chi connectivity index (χ1n) is 8.84. The van der Waals surface area contributed by atoms with Crippen molar-refractivity contribution in [3.63, 3.8) is 0 Å². The van der Waals surface area contributed by atoms with Crippen LogP contribution in [0, 0.1) is 5.92 Å². The molecule has 0 spiro atoms. The molecule has 2 heterocycles. The van der Waals surface area contributed by atoms with Gasteiger partial charge in [0.1, 0.15) is 12.1 Å². The summed E-state index contributed by atoms with van der Waals surface area (Å²) in [5, 5.41) is 18.0. The number of aryl methyl sites for hydroxylation is 1. The molecule has 1 aliphatic rings. The lowest BCUT2D eigenvalue weighted by Gasteiger charge is -2.19. The molecule has 1 aliphatic carbocycles. The van der Waals surface area contributed by atoms with Gasteiger partial charge in [-0.1, -0.05) is 19.1 Å². The van der Waals surface area contributed by atoms with Gasteiger partial charge in [-0.2, -0.15) is 5.10 Å². The Morgan fingerprint density at radius 2 is 2.32 bits per heavy atom. The number of nitrogens with zero attached hydrogens (tertiary/aromatic N) is 5. The van der Waals surface area contributed by atoms with Crippen molar-refractivity contribution >= 4 is 11.8 Å². The standard InChI is InChI=1S/C17H25N7O/c1-2-10-23-13-19-22-16(23)11-18-17(25)21-15-8-9-20-24(15)12-14-6-4-3-5-7-14/h3-4,8-9,13-14H,2,5-7,10-12H2,1H3,(H2,18,21,25)/t14-/m1/s1. The zero-order valence-electron chi connectivity index (χ0n) is 14.6. The Hall–Kier alpha value is -2.64. The van der Waals surface area contributed by atoms with Gasteiger partial charge in [-0.15, -0.1) is 10.2 Å². The van der Waals surface area contributed by atoms with Crippen molar-refractivity contribution in [1.29, 1.82) is 0 Å². The molecular formula is C17H25N7O. The van der Waals surface area contributed by atoms with E-state index in [0.717, 1.165) is 44.6 Å². The van der Waals surface area contributed by atoms with Crippen LogP contribution in [0.4, 0.5) is 10.6 Å². The Kier molecular flexibility index (Phi) is 5.81. The molecule has 0 fully saturated rings. The van der Waals surface area contributed by atoms with Crippen LogP contribution in [-0.4, -0.2) is 30.6 Å². The summed E-state index contributed by atoms with van der Waals surface area (Å²) in [7, 11) is 0. The fourth-order valence-electron chi connectivity index (χ4n) is 3.01. The Balaban J connectivity index is 1.52. The van der Waals surface area contributed by atoms with Crippen LogP contribution in [0.3, 0.4) is 0 Å². The van der Waals surface area contributed by atoms with E-state index >= 15 is 0 Å². The molecule has 2 aromatic heterocycles. The Morgan fingerprint density at radius 1 is 1.40 bits per heavy atom. The average molecular weight is 343 g/mol. The maximum atomic E-state index is 12.2. The number of urea groups is 1. The average Bonchev–Trinajstić information content (AvgIpc) is 3.24. The van der Waals surface area contributed by atoms with E-state index in [1.165, 1.54) is 0 Å². The maximum absolute atomic E-state index is 12.2. The number of rotatable bonds is 7. The normalized spacial score (nSPS) is 16.8. The third-order valence-electron chi connectivity index (χ3n) is 4.33. The minimum Gasteiger partial charge on any atom is -0.331 e. The fourth-order valence-corrected chi connectivity index (χ4v) is 3.01. The molecule has 2 aromatic rings. The molecular weight excluding hydrogens is 318 g/mol. The topological polar surface area (TPSA) is 89.7 Å². The van der Waals surface area contributed by atoms with E-state index in [0.29, 0.717) is 18.3 Å². The number of aromatic nitrogens is 5. The minimum absolute atomic E-state index is 0.267. The number of amides is 2. The lowest BCUT2D eigenvalue weighted by molar-refractivity contribution is 0.251. The molecule has 8 heteroatoms. The largest absolute Gasteiger partial charge is 0.331 e. The smallest absolute Gasteiger partial charge is 0.320 e. The van der Waals surface area contributed by atoms with Gasteiger partial charge < -0.3 is 9.88 Å². The molecule has 3 rings (SSSR count). The summed E-state index contributed by atoms with van der Waals surface area (Å²) in [6.07, 6.45) is 12.2. The van der Waals surface area contributed by atoms with Crippen LogP contribution in [0.5, 0.6) is 0 Å². The second-order valence-corrected chi connectivity index (χ2v) is 6.30. The Morgan fingerprint density at radius 3 is 3.12 bits per heavy atom. The highest BCUT2D eigenvalue weighted by Crippen LogP contribution is 2.21. The van der Waals surface area contributed by atoms with Crippen molar-refractivity contribution in [2.45, 2.75) is 52.2 Å². The Labute approximate surface area is 147 Å².